The summed E-state index contributed by atoms with van der Waals surface area (Å²) in [5, 5.41) is 4.25. The van der Waals surface area contributed by atoms with Crippen LogP contribution in [0.2, 0.25) is 0 Å². The molecule has 1 aromatic heterocycles. The van der Waals surface area contributed by atoms with Gasteiger partial charge in [-0.1, -0.05) is 12.1 Å². The fraction of sp³-hybridized carbons (Fsp3) is 0.158. The number of hydrogen-bond donors (Lipinski definition) is 0. The molecule has 0 aliphatic carbocycles. The van der Waals surface area contributed by atoms with Crippen LogP contribution in [-0.4, -0.2) is 23.3 Å². The van der Waals surface area contributed by atoms with Crippen LogP contribution in [0, 0.1) is 5.82 Å². The number of benzene rings is 2. The minimum Gasteiger partial charge on any atom is -0.496 e. The van der Waals surface area contributed by atoms with E-state index in [0.717, 1.165) is 16.8 Å². The predicted octanol–water partition coefficient (Wildman–Crippen LogP) is 4.00. The van der Waals surface area contributed by atoms with Gasteiger partial charge in [-0.2, -0.15) is 5.10 Å². The zero-order valence-corrected chi connectivity index (χ0v) is 14.5. The molecule has 0 aliphatic heterocycles. The van der Waals surface area contributed by atoms with Gasteiger partial charge in [-0.25, -0.2) is 9.07 Å². The maximum Gasteiger partial charge on any atom is 0.573 e. The Morgan fingerprint density at radius 1 is 1.04 bits per heavy atom. The Morgan fingerprint density at radius 3 is 2.39 bits per heavy atom. The number of rotatable bonds is 5. The maximum absolute atomic E-state index is 13.4. The molecule has 0 amide bonds. The van der Waals surface area contributed by atoms with Crippen molar-refractivity contribution in [3.8, 4) is 22.8 Å². The second-order valence-electron chi connectivity index (χ2n) is 5.75. The SMILES string of the molecule is COc1cc(F)ccc1-c1ccc(=O)n(Cc2ccc(OC(F)(F)F)cc2)n1. The molecule has 0 bridgehead atoms. The van der Waals surface area contributed by atoms with Crippen LogP contribution in [0.15, 0.2) is 59.4 Å². The summed E-state index contributed by atoms with van der Waals surface area (Å²) in [7, 11) is 1.39. The molecule has 0 unspecified atom stereocenters. The maximum atomic E-state index is 13.4. The second kappa shape index (κ2) is 7.71. The lowest BCUT2D eigenvalue weighted by Gasteiger charge is -2.11. The van der Waals surface area contributed by atoms with Crippen LogP contribution in [0.25, 0.3) is 11.3 Å². The predicted molar refractivity (Wildman–Crippen MR) is 92.7 cm³/mol. The van der Waals surface area contributed by atoms with E-state index in [9.17, 15) is 22.4 Å². The summed E-state index contributed by atoms with van der Waals surface area (Å²) < 4.78 is 60.2. The smallest absolute Gasteiger partial charge is 0.496 e. The van der Waals surface area contributed by atoms with Gasteiger partial charge in [0.2, 0.25) is 0 Å². The lowest BCUT2D eigenvalue weighted by Crippen LogP contribution is -2.23. The molecule has 146 valence electrons. The Hall–Kier alpha value is -3.36. The van der Waals surface area contributed by atoms with Crippen LogP contribution in [0.4, 0.5) is 17.6 Å². The third-order valence-corrected chi connectivity index (χ3v) is 3.80. The first-order valence-electron chi connectivity index (χ1n) is 8.02. The van der Waals surface area contributed by atoms with Crippen LogP contribution in [-0.2, 0) is 6.54 Å². The highest BCUT2D eigenvalue weighted by atomic mass is 19.4. The number of alkyl halides is 3. The number of hydrogen-bond acceptors (Lipinski definition) is 4. The monoisotopic (exact) mass is 394 g/mol. The van der Waals surface area contributed by atoms with E-state index >= 15 is 0 Å². The first kappa shape index (κ1) is 19.4. The Bertz CT molecular complexity index is 1030. The number of ether oxygens (including phenoxy) is 2. The van der Waals surface area contributed by atoms with Crippen molar-refractivity contribution in [2.75, 3.05) is 7.11 Å². The van der Waals surface area contributed by atoms with Crippen LogP contribution in [0.5, 0.6) is 11.5 Å². The molecule has 3 rings (SSSR count). The van der Waals surface area contributed by atoms with Gasteiger partial charge in [0.25, 0.3) is 5.56 Å². The molecule has 0 atom stereocenters. The van der Waals surface area contributed by atoms with Gasteiger partial charge in [-0.05, 0) is 35.9 Å². The molecule has 28 heavy (non-hydrogen) atoms. The van der Waals surface area contributed by atoms with Gasteiger partial charge in [0.15, 0.2) is 0 Å². The molecule has 3 aromatic rings. The molecule has 9 heteroatoms. The van der Waals surface area contributed by atoms with Crippen molar-refractivity contribution in [1.82, 2.24) is 9.78 Å². The summed E-state index contributed by atoms with van der Waals surface area (Å²) >= 11 is 0. The van der Waals surface area contributed by atoms with E-state index in [1.165, 1.54) is 49.6 Å². The van der Waals surface area contributed by atoms with Gasteiger partial charge in [0.1, 0.15) is 17.3 Å². The van der Waals surface area contributed by atoms with E-state index in [-0.39, 0.29) is 18.0 Å². The van der Waals surface area contributed by atoms with Crippen molar-refractivity contribution in [2.24, 2.45) is 0 Å². The standard InChI is InChI=1S/C19H14F4N2O3/c1-27-17-10-13(20)4-7-15(17)16-8-9-18(26)25(24-16)11-12-2-5-14(6-3-12)28-19(21,22)23/h2-10H,11H2,1H3. The molecule has 0 fully saturated rings. The van der Waals surface area contributed by atoms with Gasteiger partial charge < -0.3 is 9.47 Å². The summed E-state index contributed by atoms with van der Waals surface area (Å²) in [6, 6.07) is 11.8. The van der Waals surface area contributed by atoms with Crippen molar-refractivity contribution in [1.29, 1.82) is 0 Å². The number of aromatic nitrogens is 2. The summed E-state index contributed by atoms with van der Waals surface area (Å²) in [5.41, 5.74) is 1.02. The summed E-state index contributed by atoms with van der Waals surface area (Å²) in [4.78, 5) is 12.1. The molecular formula is C19H14F4N2O3. The molecule has 0 saturated carbocycles. The van der Waals surface area contributed by atoms with Gasteiger partial charge in [0.05, 0.1) is 19.3 Å². The zero-order valence-electron chi connectivity index (χ0n) is 14.5. The van der Waals surface area contributed by atoms with Crippen LogP contribution in [0.1, 0.15) is 5.56 Å². The van der Waals surface area contributed by atoms with Crippen LogP contribution < -0.4 is 15.0 Å². The molecule has 1 heterocycles. The third-order valence-electron chi connectivity index (χ3n) is 3.80. The van der Waals surface area contributed by atoms with Gasteiger partial charge in [0, 0.05) is 17.7 Å². The lowest BCUT2D eigenvalue weighted by atomic mass is 10.1. The highest BCUT2D eigenvalue weighted by molar-refractivity contribution is 5.66. The average molecular weight is 394 g/mol. The minimum absolute atomic E-state index is 0.0302. The molecule has 0 radical (unpaired) electrons. The van der Waals surface area contributed by atoms with E-state index in [4.69, 9.17) is 4.74 Å². The molecule has 0 saturated heterocycles. The van der Waals surface area contributed by atoms with E-state index in [2.05, 4.69) is 9.84 Å². The van der Waals surface area contributed by atoms with Crippen LogP contribution in [0.3, 0.4) is 0 Å². The lowest BCUT2D eigenvalue weighted by molar-refractivity contribution is -0.274. The van der Waals surface area contributed by atoms with Crippen molar-refractivity contribution in [2.45, 2.75) is 12.9 Å². The quantitative estimate of drug-likeness (QED) is 0.614. The summed E-state index contributed by atoms with van der Waals surface area (Å²) in [6.07, 6.45) is -4.78. The first-order valence-corrected chi connectivity index (χ1v) is 8.02. The fourth-order valence-electron chi connectivity index (χ4n) is 2.55. The zero-order chi connectivity index (χ0) is 20.3. The Kier molecular flexibility index (Phi) is 5.34. The minimum atomic E-state index is -4.78. The van der Waals surface area contributed by atoms with Gasteiger partial charge in [-0.3, -0.25) is 4.79 Å². The van der Waals surface area contributed by atoms with E-state index < -0.39 is 17.7 Å². The first-order chi connectivity index (χ1) is 13.2. The second-order valence-corrected chi connectivity index (χ2v) is 5.75. The van der Waals surface area contributed by atoms with Gasteiger partial charge in [-0.15, -0.1) is 13.2 Å². The third kappa shape index (κ3) is 4.67. The largest absolute Gasteiger partial charge is 0.573 e. The van der Waals surface area contributed by atoms with E-state index in [1.807, 2.05) is 0 Å². The Morgan fingerprint density at radius 2 is 1.75 bits per heavy atom. The molecule has 0 aliphatic rings. The Balaban J connectivity index is 1.88. The molecule has 5 nitrogen and oxygen atoms in total. The van der Waals surface area contributed by atoms with Crippen molar-refractivity contribution < 1.29 is 27.0 Å². The molecule has 0 spiro atoms. The summed E-state index contributed by atoms with van der Waals surface area (Å²) in [5.74, 6) is -0.581. The van der Waals surface area contributed by atoms with Gasteiger partial charge >= 0.3 is 6.36 Å². The number of nitrogens with zero attached hydrogens (tertiary/aromatic N) is 2. The normalized spacial score (nSPS) is 11.3. The number of halogens is 4. The highest BCUT2D eigenvalue weighted by Gasteiger charge is 2.30. The highest BCUT2D eigenvalue weighted by Crippen LogP contribution is 2.28. The molecule has 2 aromatic carbocycles. The van der Waals surface area contributed by atoms with Crippen molar-refractivity contribution in [3.05, 3.63) is 76.3 Å². The summed E-state index contributed by atoms with van der Waals surface area (Å²) in [6.45, 7) is 0.0302. The van der Waals surface area contributed by atoms with Crippen molar-refractivity contribution in [3.63, 3.8) is 0 Å². The average Bonchev–Trinajstić information content (AvgIpc) is 2.64. The fourth-order valence-corrected chi connectivity index (χ4v) is 2.55. The number of methoxy groups -OCH3 is 1. The van der Waals surface area contributed by atoms with E-state index in [0.29, 0.717) is 16.8 Å². The van der Waals surface area contributed by atoms with E-state index in [1.54, 1.807) is 0 Å². The Labute approximate surface area is 156 Å². The van der Waals surface area contributed by atoms with Crippen LogP contribution >= 0.6 is 0 Å². The van der Waals surface area contributed by atoms with Crippen molar-refractivity contribution >= 4 is 0 Å². The molecule has 0 N–H and O–H groups in total. The topological polar surface area (TPSA) is 53.4 Å². The molecular weight excluding hydrogens is 380 g/mol.